The molecule has 28 heavy (non-hydrogen) atoms. The molecule has 3 heterocycles. The molecule has 10 nitrogen and oxygen atoms in total. The molecular weight excluding hydrogens is 364 g/mol. The first-order valence-electron chi connectivity index (χ1n) is 8.22. The third-order valence-electron chi connectivity index (χ3n) is 4.02. The van der Waals surface area contributed by atoms with E-state index >= 15 is 0 Å². The van der Waals surface area contributed by atoms with Crippen LogP contribution in [0.1, 0.15) is 10.5 Å². The summed E-state index contributed by atoms with van der Waals surface area (Å²) >= 11 is 0. The molecule has 0 aliphatic carbocycles. The minimum Gasteiger partial charge on any atom is -0.435 e. The highest BCUT2D eigenvalue weighted by Gasteiger charge is 2.13. The fourth-order valence-corrected chi connectivity index (χ4v) is 2.55. The van der Waals surface area contributed by atoms with Gasteiger partial charge in [-0.2, -0.15) is 10.2 Å². The Morgan fingerprint density at radius 1 is 0.964 bits per heavy atom. The van der Waals surface area contributed by atoms with Gasteiger partial charge in [-0.1, -0.05) is 0 Å². The minimum atomic E-state index is -0.460. The van der Waals surface area contributed by atoms with Gasteiger partial charge in [0.2, 0.25) is 5.89 Å². The Hall–Kier alpha value is -4.08. The molecule has 0 unspecified atom stereocenters. The van der Waals surface area contributed by atoms with Gasteiger partial charge in [-0.3, -0.25) is 14.4 Å². The number of hydrogen-bond donors (Lipinski definition) is 1. The summed E-state index contributed by atoms with van der Waals surface area (Å²) in [5.41, 5.74) is 1.48. The molecule has 0 aliphatic heterocycles. The van der Waals surface area contributed by atoms with E-state index in [1.54, 1.807) is 18.2 Å². The minimum absolute atomic E-state index is 0.109. The molecule has 3 aromatic heterocycles. The molecule has 10 heteroatoms. The van der Waals surface area contributed by atoms with Crippen molar-refractivity contribution in [3.05, 3.63) is 68.9 Å². The second-order valence-electron chi connectivity index (χ2n) is 6.02. The molecule has 4 rings (SSSR count). The third kappa shape index (κ3) is 3.18. The summed E-state index contributed by atoms with van der Waals surface area (Å²) in [6, 6.07) is 10.5. The summed E-state index contributed by atoms with van der Waals surface area (Å²) in [6.07, 6.45) is 0. The highest BCUT2D eigenvalue weighted by molar-refractivity contribution is 6.03. The number of benzene rings is 1. The molecule has 0 aliphatic rings. The van der Waals surface area contributed by atoms with Crippen molar-refractivity contribution in [3.63, 3.8) is 0 Å². The molecule has 0 saturated heterocycles. The molecule has 0 saturated carbocycles. The van der Waals surface area contributed by atoms with Gasteiger partial charge in [0, 0.05) is 31.9 Å². The zero-order valence-electron chi connectivity index (χ0n) is 14.9. The van der Waals surface area contributed by atoms with Crippen LogP contribution in [0.15, 0.2) is 56.5 Å². The Kier molecular flexibility index (Phi) is 4.07. The number of carbonyl (C=O) groups excluding carboxylic acids is 1. The second kappa shape index (κ2) is 6.58. The maximum absolute atomic E-state index is 12.3. The number of hydrogen-bond acceptors (Lipinski definition) is 7. The van der Waals surface area contributed by atoms with E-state index in [0.717, 1.165) is 4.68 Å². The van der Waals surface area contributed by atoms with Crippen molar-refractivity contribution in [3.8, 4) is 11.6 Å². The van der Waals surface area contributed by atoms with Crippen LogP contribution < -0.4 is 16.4 Å². The zero-order valence-corrected chi connectivity index (χ0v) is 14.9. The van der Waals surface area contributed by atoms with Gasteiger partial charge in [0.1, 0.15) is 16.9 Å². The number of nitrogens with zero attached hydrogens (tertiary/aromatic N) is 5. The number of amides is 1. The smallest absolute Gasteiger partial charge is 0.276 e. The van der Waals surface area contributed by atoms with Crippen molar-refractivity contribution >= 4 is 22.7 Å². The largest absolute Gasteiger partial charge is 0.435 e. The molecule has 1 aromatic carbocycles. The van der Waals surface area contributed by atoms with Gasteiger partial charge in [-0.05, 0) is 30.3 Å². The standard InChI is InChI=1S/C18H14N6O4/c1-23-15(25)7-4-11(21-23)17(27)19-10-3-6-14-13(9-10)20-18(28-14)12-5-8-16(26)24(2)22-12/h3-9H,1-2H3,(H,19,27). The summed E-state index contributed by atoms with van der Waals surface area (Å²) in [5.74, 6) is -0.202. The van der Waals surface area contributed by atoms with E-state index in [1.807, 2.05) is 0 Å². The van der Waals surface area contributed by atoms with E-state index < -0.39 is 5.91 Å². The van der Waals surface area contributed by atoms with Crippen LogP contribution in [0, 0.1) is 0 Å². The van der Waals surface area contributed by atoms with E-state index in [2.05, 4.69) is 20.5 Å². The highest BCUT2D eigenvalue weighted by atomic mass is 16.3. The number of rotatable bonds is 3. The topological polar surface area (TPSA) is 125 Å². The third-order valence-corrected chi connectivity index (χ3v) is 4.02. The van der Waals surface area contributed by atoms with Crippen LogP contribution in [0.2, 0.25) is 0 Å². The second-order valence-corrected chi connectivity index (χ2v) is 6.02. The predicted octanol–water partition coefficient (Wildman–Crippen LogP) is 0.934. The van der Waals surface area contributed by atoms with Crippen LogP contribution in [-0.4, -0.2) is 30.5 Å². The van der Waals surface area contributed by atoms with Crippen molar-refractivity contribution in [2.45, 2.75) is 0 Å². The molecular formula is C18H14N6O4. The van der Waals surface area contributed by atoms with E-state index in [0.29, 0.717) is 22.5 Å². The van der Waals surface area contributed by atoms with Gasteiger partial charge >= 0.3 is 0 Å². The summed E-state index contributed by atoms with van der Waals surface area (Å²) in [4.78, 5) is 39.5. The van der Waals surface area contributed by atoms with Gasteiger partial charge in [0.15, 0.2) is 5.58 Å². The quantitative estimate of drug-likeness (QED) is 0.562. The lowest BCUT2D eigenvalue weighted by Crippen LogP contribution is -2.23. The molecule has 0 spiro atoms. The summed E-state index contributed by atoms with van der Waals surface area (Å²) in [7, 11) is 3.01. The average molecular weight is 378 g/mol. The molecule has 4 aromatic rings. The van der Waals surface area contributed by atoms with Crippen molar-refractivity contribution in [1.29, 1.82) is 0 Å². The lowest BCUT2D eigenvalue weighted by Gasteiger charge is -2.05. The number of nitrogens with one attached hydrogen (secondary N) is 1. The van der Waals surface area contributed by atoms with Gasteiger partial charge < -0.3 is 9.73 Å². The van der Waals surface area contributed by atoms with Crippen molar-refractivity contribution in [2.75, 3.05) is 5.32 Å². The molecule has 1 amide bonds. The van der Waals surface area contributed by atoms with E-state index in [1.165, 1.54) is 43.0 Å². The predicted molar refractivity (Wildman–Crippen MR) is 99.9 cm³/mol. The van der Waals surface area contributed by atoms with E-state index in [9.17, 15) is 14.4 Å². The van der Waals surface area contributed by atoms with Gasteiger partial charge in [-0.15, -0.1) is 0 Å². The zero-order chi connectivity index (χ0) is 19.8. The normalized spacial score (nSPS) is 10.9. The average Bonchev–Trinajstić information content (AvgIpc) is 3.09. The maximum atomic E-state index is 12.3. The number of oxazole rings is 1. The summed E-state index contributed by atoms with van der Waals surface area (Å²) in [6.45, 7) is 0. The summed E-state index contributed by atoms with van der Waals surface area (Å²) in [5, 5.41) is 10.7. The lowest BCUT2D eigenvalue weighted by molar-refractivity contribution is 0.102. The van der Waals surface area contributed by atoms with Crippen molar-refractivity contribution < 1.29 is 9.21 Å². The van der Waals surface area contributed by atoms with Crippen LogP contribution in [0.5, 0.6) is 0 Å². The molecule has 0 atom stereocenters. The van der Waals surface area contributed by atoms with Crippen LogP contribution in [0.25, 0.3) is 22.7 Å². The summed E-state index contributed by atoms with van der Waals surface area (Å²) < 4.78 is 7.95. The van der Waals surface area contributed by atoms with Crippen LogP contribution >= 0.6 is 0 Å². The Bertz CT molecular complexity index is 1330. The number of aromatic nitrogens is 5. The lowest BCUT2D eigenvalue weighted by atomic mass is 10.2. The van der Waals surface area contributed by atoms with Crippen molar-refractivity contribution in [2.24, 2.45) is 14.1 Å². The first-order chi connectivity index (χ1) is 13.4. The Balaban J connectivity index is 1.63. The number of anilines is 1. The molecule has 0 fully saturated rings. The molecule has 1 N–H and O–H groups in total. The van der Waals surface area contributed by atoms with Gasteiger partial charge in [0.05, 0.1) is 0 Å². The van der Waals surface area contributed by atoms with Crippen LogP contribution in [-0.2, 0) is 14.1 Å². The molecule has 0 radical (unpaired) electrons. The van der Waals surface area contributed by atoms with E-state index in [-0.39, 0.29) is 22.7 Å². The molecule has 0 bridgehead atoms. The van der Waals surface area contributed by atoms with Gasteiger partial charge in [-0.25, -0.2) is 14.3 Å². The Morgan fingerprint density at radius 3 is 2.39 bits per heavy atom. The SMILES string of the molecule is Cn1nc(C(=O)Nc2ccc3oc(-c4ccc(=O)n(C)n4)nc3c2)ccc1=O. The van der Waals surface area contributed by atoms with Gasteiger partial charge in [0.25, 0.3) is 17.0 Å². The fourth-order valence-electron chi connectivity index (χ4n) is 2.55. The molecule has 140 valence electrons. The first-order valence-corrected chi connectivity index (χ1v) is 8.22. The Labute approximate surface area is 157 Å². The highest BCUT2D eigenvalue weighted by Crippen LogP contribution is 2.24. The number of fused-ring (bicyclic) bond motifs is 1. The fraction of sp³-hybridized carbons (Fsp3) is 0.111. The van der Waals surface area contributed by atoms with Crippen LogP contribution in [0.3, 0.4) is 0 Å². The number of carbonyl (C=O) groups is 1. The van der Waals surface area contributed by atoms with E-state index in [4.69, 9.17) is 4.42 Å². The Morgan fingerprint density at radius 2 is 1.68 bits per heavy atom. The maximum Gasteiger partial charge on any atom is 0.276 e. The monoisotopic (exact) mass is 378 g/mol. The number of aryl methyl sites for hydroxylation is 2. The van der Waals surface area contributed by atoms with Crippen molar-refractivity contribution in [1.82, 2.24) is 24.5 Å². The first kappa shape index (κ1) is 17.3. The van der Waals surface area contributed by atoms with Crippen LogP contribution in [0.4, 0.5) is 5.69 Å².